The van der Waals surface area contributed by atoms with Gasteiger partial charge in [0, 0.05) is 5.02 Å². The minimum absolute atomic E-state index is 0.0532. The Labute approximate surface area is 118 Å². The van der Waals surface area contributed by atoms with Gasteiger partial charge in [-0.1, -0.05) is 11.6 Å². The van der Waals surface area contributed by atoms with E-state index in [-0.39, 0.29) is 19.3 Å². The molecule has 0 aromatic heterocycles. The van der Waals surface area contributed by atoms with Gasteiger partial charge in [0.1, 0.15) is 18.5 Å². The van der Waals surface area contributed by atoms with Crippen LogP contribution < -0.4 is 4.74 Å². The Morgan fingerprint density at radius 2 is 2.05 bits per heavy atom. The maximum Gasteiger partial charge on any atom is 0.153 e. The van der Waals surface area contributed by atoms with Crippen LogP contribution in [0.2, 0.25) is 5.02 Å². The number of carbonyl (C=O) groups is 1. The third-order valence-electron chi connectivity index (χ3n) is 2.44. The highest BCUT2D eigenvalue weighted by atomic mass is 35.5. The van der Waals surface area contributed by atoms with Gasteiger partial charge in [0.15, 0.2) is 6.29 Å². The van der Waals surface area contributed by atoms with Crippen molar-refractivity contribution >= 4 is 17.9 Å². The highest BCUT2D eigenvalue weighted by Gasteiger charge is 2.12. The molecular formula is C14H19ClO4. The van der Waals surface area contributed by atoms with Gasteiger partial charge >= 0.3 is 0 Å². The minimum Gasteiger partial charge on any atom is -0.490 e. The van der Waals surface area contributed by atoms with Crippen LogP contribution in [-0.2, 0) is 4.74 Å². The molecule has 0 aliphatic heterocycles. The molecule has 1 rings (SSSR count). The van der Waals surface area contributed by atoms with Crippen LogP contribution in [0.25, 0.3) is 0 Å². The molecule has 0 aliphatic rings. The zero-order valence-electron chi connectivity index (χ0n) is 11.4. The van der Waals surface area contributed by atoms with Crippen molar-refractivity contribution in [3.8, 4) is 5.75 Å². The van der Waals surface area contributed by atoms with Gasteiger partial charge in [-0.05, 0) is 38.5 Å². The highest BCUT2D eigenvalue weighted by molar-refractivity contribution is 6.31. The van der Waals surface area contributed by atoms with Gasteiger partial charge in [-0.3, -0.25) is 4.79 Å². The Bertz CT molecular complexity index is 432. The van der Waals surface area contributed by atoms with Crippen molar-refractivity contribution in [1.29, 1.82) is 0 Å². The SMILES string of the molecule is Cc1cc(Cl)cc(C=O)c1OCC(O)COC(C)C. The van der Waals surface area contributed by atoms with Crippen LogP contribution in [-0.4, -0.2) is 36.8 Å². The molecular weight excluding hydrogens is 268 g/mol. The topological polar surface area (TPSA) is 55.8 Å². The second-order valence-electron chi connectivity index (χ2n) is 4.61. The molecule has 0 bridgehead atoms. The smallest absolute Gasteiger partial charge is 0.153 e. The van der Waals surface area contributed by atoms with Crippen molar-refractivity contribution in [3.05, 3.63) is 28.3 Å². The van der Waals surface area contributed by atoms with Crippen molar-refractivity contribution in [2.24, 2.45) is 0 Å². The van der Waals surface area contributed by atoms with E-state index in [0.29, 0.717) is 22.6 Å². The molecule has 0 radical (unpaired) electrons. The third-order valence-corrected chi connectivity index (χ3v) is 2.66. The summed E-state index contributed by atoms with van der Waals surface area (Å²) in [5.41, 5.74) is 1.13. The molecule has 5 heteroatoms. The summed E-state index contributed by atoms with van der Waals surface area (Å²) >= 11 is 5.86. The van der Waals surface area contributed by atoms with Crippen LogP contribution in [0, 0.1) is 6.92 Å². The van der Waals surface area contributed by atoms with E-state index in [1.165, 1.54) is 6.07 Å². The van der Waals surface area contributed by atoms with Gasteiger partial charge in [0.2, 0.25) is 0 Å². The zero-order valence-corrected chi connectivity index (χ0v) is 12.1. The summed E-state index contributed by atoms with van der Waals surface area (Å²) in [5.74, 6) is 0.447. The number of aliphatic hydroxyl groups is 1. The molecule has 1 unspecified atom stereocenters. The maximum absolute atomic E-state index is 11.0. The number of rotatable bonds is 7. The minimum atomic E-state index is -0.739. The lowest BCUT2D eigenvalue weighted by Crippen LogP contribution is -2.25. The predicted molar refractivity (Wildman–Crippen MR) is 74.2 cm³/mol. The number of aliphatic hydroxyl groups excluding tert-OH is 1. The Balaban J connectivity index is 2.64. The Morgan fingerprint density at radius 3 is 2.63 bits per heavy atom. The fourth-order valence-electron chi connectivity index (χ4n) is 1.57. The standard InChI is InChI=1S/C14H19ClO4/c1-9(2)18-7-13(17)8-19-14-10(3)4-12(15)5-11(14)6-16/h4-6,9,13,17H,7-8H2,1-3H3. The van der Waals surface area contributed by atoms with Crippen LogP contribution in [0.15, 0.2) is 12.1 Å². The summed E-state index contributed by atoms with van der Waals surface area (Å²) in [4.78, 5) is 11.0. The number of aryl methyl sites for hydroxylation is 1. The van der Waals surface area contributed by atoms with Gasteiger partial charge < -0.3 is 14.6 Å². The first-order valence-corrected chi connectivity index (χ1v) is 6.49. The lowest BCUT2D eigenvalue weighted by Gasteiger charge is -2.16. The van der Waals surface area contributed by atoms with Crippen molar-refractivity contribution in [1.82, 2.24) is 0 Å². The van der Waals surface area contributed by atoms with Gasteiger partial charge in [-0.25, -0.2) is 0 Å². The molecule has 4 nitrogen and oxygen atoms in total. The van der Waals surface area contributed by atoms with Crippen LogP contribution in [0.1, 0.15) is 29.8 Å². The normalized spacial score (nSPS) is 12.5. The number of halogens is 1. The third kappa shape index (κ3) is 5.19. The summed E-state index contributed by atoms with van der Waals surface area (Å²) < 4.78 is 10.8. The van der Waals surface area contributed by atoms with Gasteiger partial charge in [-0.2, -0.15) is 0 Å². The van der Waals surface area contributed by atoms with E-state index in [0.717, 1.165) is 5.56 Å². The fourth-order valence-corrected chi connectivity index (χ4v) is 1.85. The quantitative estimate of drug-likeness (QED) is 0.783. The summed E-state index contributed by atoms with van der Waals surface area (Å²) in [6.45, 7) is 5.84. The fraction of sp³-hybridized carbons (Fsp3) is 0.500. The molecule has 1 atom stereocenters. The molecule has 0 spiro atoms. The Morgan fingerprint density at radius 1 is 1.37 bits per heavy atom. The van der Waals surface area contributed by atoms with Crippen molar-refractivity contribution in [2.45, 2.75) is 33.0 Å². The molecule has 0 aliphatic carbocycles. The number of hydrogen-bond acceptors (Lipinski definition) is 4. The molecule has 106 valence electrons. The molecule has 1 aromatic rings. The summed E-state index contributed by atoms with van der Waals surface area (Å²) in [6, 6.07) is 3.24. The van der Waals surface area contributed by atoms with Crippen LogP contribution in [0.4, 0.5) is 0 Å². The Hall–Kier alpha value is -1.10. The summed E-state index contributed by atoms with van der Waals surface area (Å²) in [5, 5.41) is 10.2. The molecule has 0 saturated heterocycles. The van der Waals surface area contributed by atoms with Gasteiger partial charge in [-0.15, -0.1) is 0 Å². The van der Waals surface area contributed by atoms with Crippen molar-refractivity contribution in [2.75, 3.05) is 13.2 Å². The first kappa shape index (κ1) is 16.0. The van der Waals surface area contributed by atoms with E-state index in [9.17, 15) is 9.90 Å². The molecule has 0 fully saturated rings. The molecule has 0 heterocycles. The predicted octanol–water partition coefficient (Wildman–Crippen LogP) is 2.63. The summed E-state index contributed by atoms with van der Waals surface area (Å²) in [7, 11) is 0. The van der Waals surface area contributed by atoms with Gasteiger partial charge in [0.25, 0.3) is 0 Å². The molecule has 1 N–H and O–H groups in total. The summed E-state index contributed by atoms with van der Waals surface area (Å²) in [6.07, 6.45) is 0.0000164. The number of aldehydes is 1. The van der Waals surface area contributed by atoms with E-state index < -0.39 is 6.10 Å². The average molecular weight is 287 g/mol. The number of ether oxygens (including phenoxy) is 2. The van der Waals surface area contributed by atoms with Crippen molar-refractivity contribution in [3.63, 3.8) is 0 Å². The maximum atomic E-state index is 11.0. The number of carbonyl (C=O) groups excluding carboxylic acids is 1. The molecule has 19 heavy (non-hydrogen) atoms. The second-order valence-corrected chi connectivity index (χ2v) is 5.04. The van der Waals surface area contributed by atoms with Crippen molar-refractivity contribution < 1.29 is 19.4 Å². The monoisotopic (exact) mass is 286 g/mol. The van der Waals surface area contributed by atoms with E-state index in [2.05, 4.69) is 0 Å². The number of benzene rings is 1. The van der Waals surface area contributed by atoms with E-state index in [1.54, 1.807) is 13.0 Å². The zero-order chi connectivity index (χ0) is 14.4. The molecule has 0 saturated carbocycles. The largest absolute Gasteiger partial charge is 0.490 e. The lowest BCUT2D eigenvalue weighted by atomic mass is 10.1. The van der Waals surface area contributed by atoms with Crippen LogP contribution in [0.5, 0.6) is 5.75 Å². The van der Waals surface area contributed by atoms with Crippen LogP contribution in [0.3, 0.4) is 0 Å². The van der Waals surface area contributed by atoms with Crippen LogP contribution >= 0.6 is 11.6 Å². The second kappa shape index (κ2) is 7.48. The highest BCUT2D eigenvalue weighted by Crippen LogP contribution is 2.26. The lowest BCUT2D eigenvalue weighted by molar-refractivity contribution is -0.0124. The first-order chi connectivity index (χ1) is 8.93. The number of hydrogen-bond donors (Lipinski definition) is 1. The Kier molecular flexibility index (Phi) is 6.28. The molecule has 0 amide bonds. The van der Waals surface area contributed by atoms with E-state index >= 15 is 0 Å². The van der Waals surface area contributed by atoms with E-state index in [1.807, 2.05) is 13.8 Å². The average Bonchev–Trinajstić information content (AvgIpc) is 2.34. The first-order valence-electron chi connectivity index (χ1n) is 6.11. The van der Waals surface area contributed by atoms with E-state index in [4.69, 9.17) is 21.1 Å². The molecule has 1 aromatic carbocycles. The van der Waals surface area contributed by atoms with Gasteiger partial charge in [0.05, 0.1) is 18.3 Å².